The van der Waals surface area contributed by atoms with Gasteiger partial charge >= 0.3 is 0 Å². The Morgan fingerprint density at radius 1 is 1.23 bits per heavy atom. The lowest BCUT2D eigenvalue weighted by Gasteiger charge is -2.08. The number of hydrogen-bond donors (Lipinski definition) is 2. The van der Waals surface area contributed by atoms with Gasteiger partial charge in [-0.25, -0.2) is 13.6 Å². The van der Waals surface area contributed by atoms with Crippen LogP contribution in [0.3, 0.4) is 0 Å². The Labute approximate surface area is 127 Å². The second-order valence-corrected chi connectivity index (χ2v) is 6.07. The van der Waals surface area contributed by atoms with Gasteiger partial charge in [0.25, 0.3) is 5.69 Å². The fraction of sp³-hybridized carbons (Fsp3) is 0.154. The summed E-state index contributed by atoms with van der Waals surface area (Å²) in [7, 11) is -3.98. The van der Waals surface area contributed by atoms with E-state index in [0.717, 1.165) is 11.6 Å². The standard InChI is InChI=1S/C13H14N4O4S/c14-22(20,21)11-1-2-12(13(9-11)17(18)19)16-8-5-10-3-6-15-7-4-10/h1-4,6-7,9,16H,5,8H2,(H2,14,20,21). The number of primary sulfonamides is 1. The molecule has 22 heavy (non-hydrogen) atoms. The van der Waals surface area contributed by atoms with Gasteiger partial charge in [-0.1, -0.05) is 0 Å². The van der Waals surface area contributed by atoms with Crippen molar-refractivity contribution in [2.45, 2.75) is 11.3 Å². The first-order valence-corrected chi connectivity index (χ1v) is 7.86. The number of nitrogens with two attached hydrogens (primary N) is 1. The molecule has 9 heteroatoms. The number of aromatic nitrogens is 1. The zero-order chi connectivity index (χ0) is 16.2. The smallest absolute Gasteiger partial charge is 0.293 e. The molecule has 0 amide bonds. The third kappa shape index (κ3) is 3.99. The summed E-state index contributed by atoms with van der Waals surface area (Å²) in [6.45, 7) is 0.458. The Morgan fingerprint density at radius 3 is 2.50 bits per heavy atom. The quantitative estimate of drug-likeness (QED) is 0.609. The average molecular weight is 322 g/mol. The van der Waals surface area contributed by atoms with Crippen LogP contribution in [0.15, 0.2) is 47.6 Å². The third-order valence-electron chi connectivity index (χ3n) is 2.97. The predicted molar refractivity (Wildman–Crippen MR) is 80.9 cm³/mol. The number of anilines is 1. The van der Waals surface area contributed by atoms with E-state index in [1.165, 1.54) is 12.1 Å². The van der Waals surface area contributed by atoms with E-state index in [9.17, 15) is 18.5 Å². The molecule has 2 aromatic rings. The summed E-state index contributed by atoms with van der Waals surface area (Å²) >= 11 is 0. The lowest BCUT2D eigenvalue weighted by Crippen LogP contribution is -2.13. The van der Waals surface area contributed by atoms with E-state index in [1.807, 2.05) is 12.1 Å². The summed E-state index contributed by atoms with van der Waals surface area (Å²) in [5, 5.41) is 19.0. The number of pyridine rings is 1. The fourth-order valence-electron chi connectivity index (χ4n) is 1.88. The Hall–Kier alpha value is -2.52. The maximum atomic E-state index is 11.2. The molecule has 1 aromatic heterocycles. The van der Waals surface area contributed by atoms with E-state index >= 15 is 0 Å². The molecule has 1 heterocycles. The number of rotatable bonds is 6. The van der Waals surface area contributed by atoms with Crippen molar-refractivity contribution in [2.75, 3.05) is 11.9 Å². The molecule has 0 radical (unpaired) electrons. The van der Waals surface area contributed by atoms with Crippen LogP contribution in [0.4, 0.5) is 11.4 Å². The normalized spacial score (nSPS) is 11.1. The Morgan fingerprint density at radius 2 is 1.91 bits per heavy atom. The van der Waals surface area contributed by atoms with Gasteiger partial charge in [0.2, 0.25) is 10.0 Å². The van der Waals surface area contributed by atoms with Crippen LogP contribution in [0.2, 0.25) is 0 Å². The number of nitro groups is 1. The number of benzene rings is 1. The second kappa shape index (κ2) is 6.50. The summed E-state index contributed by atoms with van der Waals surface area (Å²) in [4.78, 5) is 14.0. The zero-order valence-corrected chi connectivity index (χ0v) is 12.3. The molecule has 0 aliphatic rings. The van der Waals surface area contributed by atoms with Crippen molar-refractivity contribution in [3.63, 3.8) is 0 Å². The van der Waals surface area contributed by atoms with Gasteiger partial charge in [-0.2, -0.15) is 0 Å². The van der Waals surface area contributed by atoms with Gasteiger partial charge in [-0.3, -0.25) is 15.1 Å². The predicted octanol–water partition coefficient (Wildman–Crippen LogP) is 1.29. The molecule has 0 aliphatic carbocycles. The van der Waals surface area contributed by atoms with Crippen molar-refractivity contribution in [3.8, 4) is 0 Å². The average Bonchev–Trinajstić information content (AvgIpc) is 2.47. The Balaban J connectivity index is 2.15. The molecule has 2 rings (SSSR count). The molecule has 0 bridgehead atoms. The van der Waals surface area contributed by atoms with Crippen molar-refractivity contribution in [2.24, 2.45) is 5.14 Å². The van der Waals surface area contributed by atoms with Crippen molar-refractivity contribution in [1.82, 2.24) is 4.98 Å². The SMILES string of the molecule is NS(=O)(=O)c1ccc(NCCc2ccncc2)c([N+](=O)[O-])c1. The van der Waals surface area contributed by atoms with Gasteiger partial charge in [0.05, 0.1) is 9.82 Å². The van der Waals surface area contributed by atoms with Gasteiger partial charge in [0.1, 0.15) is 5.69 Å². The minimum atomic E-state index is -3.98. The summed E-state index contributed by atoms with van der Waals surface area (Å²) < 4.78 is 22.5. The molecule has 0 fully saturated rings. The summed E-state index contributed by atoms with van der Waals surface area (Å²) in [5.74, 6) is 0. The van der Waals surface area contributed by atoms with Gasteiger partial charge in [0.15, 0.2) is 0 Å². The summed E-state index contributed by atoms with van der Waals surface area (Å²) in [6, 6.07) is 7.21. The number of nitrogens with zero attached hydrogens (tertiary/aromatic N) is 2. The van der Waals surface area contributed by atoms with Crippen LogP contribution in [0.1, 0.15) is 5.56 Å². The monoisotopic (exact) mass is 322 g/mol. The molecule has 116 valence electrons. The number of nitrogens with one attached hydrogen (secondary N) is 1. The number of nitro benzene ring substituents is 1. The first kappa shape index (κ1) is 15.9. The maximum Gasteiger partial charge on any atom is 0.293 e. The first-order valence-electron chi connectivity index (χ1n) is 6.32. The van der Waals surface area contributed by atoms with Gasteiger partial charge < -0.3 is 5.32 Å². The molecule has 8 nitrogen and oxygen atoms in total. The van der Waals surface area contributed by atoms with Crippen LogP contribution in [0, 0.1) is 10.1 Å². The lowest BCUT2D eigenvalue weighted by atomic mass is 10.2. The molecule has 0 unspecified atom stereocenters. The topological polar surface area (TPSA) is 128 Å². The van der Waals surface area contributed by atoms with Gasteiger partial charge in [-0.15, -0.1) is 0 Å². The van der Waals surface area contributed by atoms with Crippen LogP contribution >= 0.6 is 0 Å². The van der Waals surface area contributed by atoms with Crippen LogP contribution in [0.5, 0.6) is 0 Å². The highest BCUT2D eigenvalue weighted by Crippen LogP contribution is 2.27. The van der Waals surface area contributed by atoms with E-state index in [4.69, 9.17) is 5.14 Å². The molecule has 1 aromatic carbocycles. The van der Waals surface area contributed by atoms with Crippen LogP contribution < -0.4 is 10.5 Å². The van der Waals surface area contributed by atoms with Gasteiger partial charge in [0, 0.05) is 25.0 Å². The Bertz CT molecular complexity index is 778. The first-order chi connectivity index (χ1) is 10.4. The van der Waals surface area contributed by atoms with Crippen LogP contribution in [-0.4, -0.2) is 24.9 Å². The highest BCUT2D eigenvalue weighted by molar-refractivity contribution is 7.89. The third-order valence-corrected chi connectivity index (χ3v) is 3.88. The van der Waals surface area contributed by atoms with Crippen molar-refractivity contribution in [3.05, 3.63) is 58.4 Å². The van der Waals surface area contributed by atoms with Crippen LogP contribution in [-0.2, 0) is 16.4 Å². The van der Waals surface area contributed by atoms with Crippen molar-refractivity contribution >= 4 is 21.4 Å². The number of sulfonamides is 1. The second-order valence-electron chi connectivity index (χ2n) is 4.51. The van der Waals surface area contributed by atoms with Crippen molar-refractivity contribution in [1.29, 1.82) is 0 Å². The summed E-state index contributed by atoms with van der Waals surface area (Å²) in [5.41, 5.74) is 0.944. The molecular formula is C13H14N4O4S. The van der Waals surface area contributed by atoms with Gasteiger partial charge in [-0.05, 0) is 36.2 Å². The molecular weight excluding hydrogens is 308 g/mol. The largest absolute Gasteiger partial charge is 0.379 e. The molecule has 0 saturated carbocycles. The molecule has 0 spiro atoms. The van der Waals surface area contributed by atoms with Crippen LogP contribution in [0.25, 0.3) is 0 Å². The van der Waals surface area contributed by atoms with E-state index in [1.54, 1.807) is 12.4 Å². The molecule has 0 atom stereocenters. The summed E-state index contributed by atoms with van der Waals surface area (Å²) in [6.07, 6.45) is 3.98. The van der Waals surface area contributed by atoms with E-state index in [-0.39, 0.29) is 16.3 Å². The fourth-order valence-corrected chi connectivity index (χ4v) is 2.41. The minimum absolute atomic E-state index is 0.242. The Kier molecular flexibility index (Phi) is 4.68. The molecule has 0 saturated heterocycles. The highest BCUT2D eigenvalue weighted by atomic mass is 32.2. The van der Waals surface area contributed by atoms with E-state index in [2.05, 4.69) is 10.3 Å². The minimum Gasteiger partial charge on any atom is -0.379 e. The van der Waals surface area contributed by atoms with E-state index < -0.39 is 14.9 Å². The zero-order valence-electron chi connectivity index (χ0n) is 11.5. The lowest BCUT2D eigenvalue weighted by molar-refractivity contribution is -0.384. The maximum absolute atomic E-state index is 11.2. The molecule has 0 aliphatic heterocycles. The van der Waals surface area contributed by atoms with E-state index in [0.29, 0.717) is 13.0 Å². The van der Waals surface area contributed by atoms with Crippen molar-refractivity contribution < 1.29 is 13.3 Å². The molecule has 3 N–H and O–H groups in total. The number of hydrogen-bond acceptors (Lipinski definition) is 6. The highest BCUT2D eigenvalue weighted by Gasteiger charge is 2.18.